The SMILES string of the molecule is CCC(C)(N)C(=O)N1CCC(C)(C(=O)NC)C1. The van der Waals surface area contributed by atoms with Crippen LogP contribution in [0.2, 0.25) is 0 Å². The van der Waals surface area contributed by atoms with Gasteiger partial charge in [0.15, 0.2) is 0 Å². The molecule has 0 spiro atoms. The molecule has 2 amide bonds. The van der Waals surface area contributed by atoms with E-state index in [9.17, 15) is 9.59 Å². The molecule has 0 aromatic rings. The van der Waals surface area contributed by atoms with Gasteiger partial charge in [-0.3, -0.25) is 9.59 Å². The molecule has 1 saturated heterocycles. The van der Waals surface area contributed by atoms with E-state index in [0.29, 0.717) is 25.9 Å². The summed E-state index contributed by atoms with van der Waals surface area (Å²) in [6.07, 6.45) is 1.29. The minimum Gasteiger partial charge on any atom is -0.359 e. The van der Waals surface area contributed by atoms with Gasteiger partial charge in [0.05, 0.1) is 11.0 Å². The topological polar surface area (TPSA) is 75.4 Å². The molecule has 2 atom stereocenters. The minimum atomic E-state index is -0.825. The lowest BCUT2D eigenvalue weighted by Crippen LogP contribution is -2.53. The van der Waals surface area contributed by atoms with E-state index >= 15 is 0 Å². The Labute approximate surface area is 103 Å². The first-order chi connectivity index (χ1) is 7.77. The summed E-state index contributed by atoms with van der Waals surface area (Å²) in [5.41, 5.74) is 4.64. The zero-order valence-corrected chi connectivity index (χ0v) is 11.2. The predicted octanol–water partition coefficient (Wildman–Crippen LogP) is 0.0984. The maximum Gasteiger partial charge on any atom is 0.242 e. The molecule has 17 heavy (non-hydrogen) atoms. The van der Waals surface area contributed by atoms with Crippen molar-refractivity contribution in [2.75, 3.05) is 20.1 Å². The Hall–Kier alpha value is -1.10. The van der Waals surface area contributed by atoms with Crippen molar-refractivity contribution >= 4 is 11.8 Å². The Morgan fingerprint density at radius 2 is 2.12 bits per heavy atom. The van der Waals surface area contributed by atoms with Crippen molar-refractivity contribution in [1.29, 1.82) is 0 Å². The van der Waals surface area contributed by atoms with E-state index in [4.69, 9.17) is 5.73 Å². The maximum atomic E-state index is 12.2. The number of carbonyl (C=O) groups excluding carboxylic acids is 2. The third-order valence-electron chi connectivity index (χ3n) is 3.76. The van der Waals surface area contributed by atoms with Gasteiger partial charge in [-0.2, -0.15) is 0 Å². The van der Waals surface area contributed by atoms with Gasteiger partial charge in [-0.25, -0.2) is 0 Å². The molecule has 1 rings (SSSR count). The molecular weight excluding hydrogens is 218 g/mol. The molecule has 0 aromatic heterocycles. The first-order valence-corrected chi connectivity index (χ1v) is 6.07. The van der Waals surface area contributed by atoms with Crippen LogP contribution in [0.15, 0.2) is 0 Å². The number of nitrogens with two attached hydrogens (primary N) is 1. The molecule has 1 aliphatic heterocycles. The second kappa shape index (κ2) is 4.64. The largest absolute Gasteiger partial charge is 0.359 e. The number of likely N-dealkylation sites (tertiary alicyclic amines) is 1. The van der Waals surface area contributed by atoms with E-state index in [1.54, 1.807) is 18.9 Å². The van der Waals surface area contributed by atoms with Gasteiger partial charge in [0, 0.05) is 20.1 Å². The number of amides is 2. The maximum absolute atomic E-state index is 12.2. The molecule has 0 aliphatic carbocycles. The average molecular weight is 241 g/mol. The molecule has 98 valence electrons. The fourth-order valence-corrected chi connectivity index (χ4v) is 2.13. The number of hydrogen-bond donors (Lipinski definition) is 2. The van der Waals surface area contributed by atoms with Gasteiger partial charge in [0.2, 0.25) is 11.8 Å². The van der Waals surface area contributed by atoms with Crippen molar-refractivity contribution in [3.63, 3.8) is 0 Å². The van der Waals surface area contributed by atoms with E-state index < -0.39 is 11.0 Å². The lowest BCUT2D eigenvalue weighted by molar-refractivity contribution is -0.136. The van der Waals surface area contributed by atoms with Gasteiger partial charge < -0.3 is 16.0 Å². The monoisotopic (exact) mass is 241 g/mol. The Bertz CT molecular complexity index is 328. The first-order valence-electron chi connectivity index (χ1n) is 6.07. The third-order valence-corrected chi connectivity index (χ3v) is 3.76. The van der Waals surface area contributed by atoms with Crippen LogP contribution in [0.1, 0.15) is 33.6 Å². The van der Waals surface area contributed by atoms with Crippen molar-refractivity contribution in [3.8, 4) is 0 Å². The van der Waals surface area contributed by atoms with E-state index in [1.165, 1.54) is 0 Å². The van der Waals surface area contributed by atoms with Gasteiger partial charge in [-0.1, -0.05) is 6.92 Å². The Morgan fingerprint density at radius 1 is 1.53 bits per heavy atom. The second-order valence-electron chi connectivity index (χ2n) is 5.39. The first kappa shape index (κ1) is 14.0. The molecule has 3 N–H and O–H groups in total. The Balaban J connectivity index is 2.74. The van der Waals surface area contributed by atoms with Crippen molar-refractivity contribution in [2.24, 2.45) is 11.1 Å². The second-order valence-corrected chi connectivity index (χ2v) is 5.39. The van der Waals surface area contributed by atoms with Crippen LogP contribution in [-0.4, -0.2) is 42.4 Å². The zero-order valence-electron chi connectivity index (χ0n) is 11.2. The van der Waals surface area contributed by atoms with Crippen molar-refractivity contribution in [1.82, 2.24) is 10.2 Å². The summed E-state index contributed by atoms with van der Waals surface area (Å²) in [5, 5.41) is 2.65. The smallest absolute Gasteiger partial charge is 0.242 e. The highest BCUT2D eigenvalue weighted by atomic mass is 16.2. The van der Waals surface area contributed by atoms with Gasteiger partial charge in [0.1, 0.15) is 0 Å². The molecule has 0 saturated carbocycles. The Morgan fingerprint density at radius 3 is 2.59 bits per heavy atom. The summed E-state index contributed by atoms with van der Waals surface area (Å²) in [7, 11) is 1.62. The van der Waals surface area contributed by atoms with Crippen LogP contribution in [-0.2, 0) is 9.59 Å². The molecule has 1 fully saturated rings. The van der Waals surface area contributed by atoms with Crippen LogP contribution < -0.4 is 11.1 Å². The third kappa shape index (κ3) is 2.60. The van der Waals surface area contributed by atoms with E-state index in [2.05, 4.69) is 5.32 Å². The minimum absolute atomic E-state index is 0.0111. The van der Waals surface area contributed by atoms with Crippen LogP contribution in [0.25, 0.3) is 0 Å². The normalized spacial score (nSPS) is 27.7. The number of nitrogens with one attached hydrogen (secondary N) is 1. The van der Waals surface area contributed by atoms with Crippen molar-refractivity contribution in [2.45, 2.75) is 39.2 Å². The number of carbonyl (C=O) groups is 2. The highest BCUT2D eigenvalue weighted by molar-refractivity contribution is 5.88. The summed E-state index contributed by atoms with van der Waals surface area (Å²) in [5.74, 6) is -0.0735. The predicted molar refractivity (Wildman–Crippen MR) is 66.3 cm³/mol. The summed E-state index contributed by atoms with van der Waals surface area (Å²) in [6, 6.07) is 0. The molecule has 0 radical (unpaired) electrons. The lowest BCUT2D eigenvalue weighted by Gasteiger charge is -2.29. The number of nitrogens with zero attached hydrogens (tertiary/aromatic N) is 1. The summed E-state index contributed by atoms with van der Waals surface area (Å²) < 4.78 is 0. The summed E-state index contributed by atoms with van der Waals surface area (Å²) in [6.45, 7) is 6.59. The van der Waals surface area contributed by atoms with Crippen LogP contribution in [0, 0.1) is 5.41 Å². The molecule has 1 aliphatic rings. The van der Waals surface area contributed by atoms with Crippen LogP contribution in [0.4, 0.5) is 0 Å². The standard InChI is InChI=1S/C12H23N3O2/c1-5-12(3,13)10(17)15-7-6-11(2,8-15)9(16)14-4/h5-8,13H2,1-4H3,(H,14,16). The highest BCUT2D eigenvalue weighted by Crippen LogP contribution is 2.31. The van der Waals surface area contributed by atoms with Gasteiger partial charge in [-0.15, -0.1) is 0 Å². The van der Waals surface area contributed by atoms with Gasteiger partial charge in [0.25, 0.3) is 0 Å². The molecule has 2 unspecified atom stereocenters. The summed E-state index contributed by atoms with van der Waals surface area (Å²) in [4.78, 5) is 25.6. The lowest BCUT2D eigenvalue weighted by atomic mass is 9.89. The van der Waals surface area contributed by atoms with E-state index in [-0.39, 0.29) is 11.8 Å². The van der Waals surface area contributed by atoms with Crippen molar-refractivity contribution < 1.29 is 9.59 Å². The van der Waals surface area contributed by atoms with E-state index in [1.807, 2.05) is 13.8 Å². The van der Waals surface area contributed by atoms with Crippen LogP contribution in [0.5, 0.6) is 0 Å². The fraction of sp³-hybridized carbons (Fsp3) is 0.833. The highest BCUT2D eigenvalue weighted by Gasteiger charge is 2.44. The molecule has 5 nitrogen and oxygen atoms in total. The fourth-order valence-electron chi connectivity index (χ4n) is 2.13. The molecule has 0 bridgehead atoms. The number of rotatable bonds is 3. The molecule has 0 aromatic carbocycles. The van der Waals surface area contributed by atoms with Crippen LogP contribution >= 0.6 is 0 Å². The van der Waals surface area contributed by atoms with Crippen LogP contribution in [0.3, 0.4) is 0 Å². The van der Waals surface area contributed by atoms with Gasteiger partial charge in [-0.05, 0) is 26.7 Å². The number of hydrogen-bond acceptors (Lipinski definition) is 3. The molecule has 5 heteroatoms. The quantitative estimate of drug-likeness (QED) is 0.735. The van der Waals surface area contributed by atoms with Gasteiger partial charge >= 0.3 is 0 Å². The zero-order chi connectivity index (χ0) is 13.3. The average Bonchev–Trinajstić information content (AvgIpc) is 2.70. The molecular formula is C12H23N3O2. The van der Waals surface area contributed by atoms with E-state index in [0.717, 1.165) is 0 Å². The molecule has 1 heterocycles. The van der Waals surface area contributed by atoms with Crippen molar-refractivity contribution in [3.05, 3.63) is 0 Å². The summed E-state index contributed by atoms with van der Waals surface area (Å²) >= 11 is 0. The Kier molecular flexibility index (Phi) is 3.81.